The van der Waals surface area contributed by atoms with Gasteiger partial charge in [-0.3, -0.25) is 4.79 Å². The maximum Gasteiger partial charge on any atom is 0.178 e. The van der Waals surface area contributed by atoms with E-state index >= 15 is 0 Å². The monoisotopic (exact) mass is 361 g/mol. The SMILES string of the molecule is CN(C)CCC(C(=O)c1ccccc1)(/C(Cl)=C\Cl)c1ccccc1. The summed E-state index contributed by atoms with van der Waals surface area (Å²) in [7, 11) is 3.95. The van der Waals surface area contributed by atoms with Gasteiger partial charge in [0.15, 0.2) is 5.78 Å². The lowest BCUT2D eigenvalue weighted by atomic mass is 9.71. The Bertz CT molecular complexity index is 698. The van der Waals surface area contributed by atoms with Crippen LogP contribution in [0.5, 0.6) is 0 Å². The van der Waals surface area contributed by atoms with Crippen molar-refractivity contribution in [3.05, 3.63) is 82.4 Å². The molecule has 0 saturated carbocycles. The van der Waals surface area contributed by atoms with Gasteiger partial charge in [0.2, 0.25) is 0 Å². The molecule has 0 spiro atoms. The number of nitrogens with zero attached hydrogens (tertiary/aromatic N) is 1. The highest BCUT2D eigenvalue weighted by atomic mass is 35.5. The van der Waals surface area contributed by atoms with Crippen LogP contribution in [0.4, 0.5) is 0 Å². The number of carbonyl (C=O) groups is 1. The van der Waals surface area contributed by atoms with Crippen molar-refractivity contribution in [3.8, 4) is 0 Å². The minimum Gasteiger partial charge on any atom is -0.309 e. The third-order valence-corrected chi connectivity index (χ3v) is 4.89. The molecule has 0 aliphatic rings. The van der Waals surface area contributed by atoms with E-state index in [1.54, 1.807) is 0 Å². The van der Waals surface area contributed by atoms with E-state index in [2.05, 4.69) is 0 Å². The Hall–Kier alpha value is -1.61. The molecule has 2 rings (SSSR count). The van der Waals surface area contributed by atoms with E-state index in [0.717, 1.165) is 5.56 Å². The van der Waals surface area contributed by atoms with Crippen LogP contribution in [0.25, 0.3) is 0 Å². The van der Waals surface area contributed by atoms with E-state index < -0.39 is 5.41 Å². The van der Waals surface area contributed by atoms with Gasteiger partial charge in [0.1, 0.15) is 0 Å². The predicted octanol–water partition coefficient (Wildman–Crippen LogP) is 5.08. The van der Waals surface area contributed by atoms with Gasteiger partial charge in [-0.15, -0.1) is 0 Å². The van der Waals surface area contributed by atoms with Crippen LogP contribution in [0.3, 0.4) is 0 Å². The minimum absolute atomic E-state index is 0.0435. The molecule has 24 heavy (non-hydrogen) atoms. The first-order valence-electron chi connectivity index (χ1n) is 7.79. The van der Waals surface area contributed by atoms with Crippen molar-refractivity contribution >= 4 is 29.0 Å². The first-order chi connectivity index (χ1) is 11.5. The lowest BCUT2D eigenvalue weighted by Crippen LogP contribution is -2.39. The van der Waals surface area contributed by atoms with Gasteiger partial charge in [-0.1, -0.05) is 83.9 Å². The summed E-state index contributed by atoms with van der Waals surface area (Å²) in [4.78, 5) is 15.5. The molecule has 0 saturated heterocycles. The summed E-state index contributed by atoms with van der Waals surface area (Å²) in [6.07, 6.45) is 0.541. The normalized spacial score (nSPS) is 14.5. The summed E-state index contributed by atoms with van der Waals surface area (Å²) in [5, 5.41) is 0.339. The van der Waals surface area contributed by atoms with Gasteiger partial charge >= 0.3 is 0 Å². The van der Waals surface area contributed by atoms with Gasteiger partial charge < -0.3 is 4.90 Å². The van der Waals surface area contributed by atoms with E-state index in [0.29, 0.717) is 23.6 Å². The second kappa shape index (κ2) is 8.48. The van der Waals surface area contributed by atoms with Crippen LogP contribution in [0.1, 0.15) is 22.3 Å². The molecule has 2 nitrogen and oxygen atoms in total. The van der Waals surface area contributed by atoms with Crippen LogP contribution in [0, 0.1) is 0 Å². The standard InChI is InChI=1S/C20H21Cl2NO/c1-23(2)14-13-20(18(22)15-21,17-11-7-4-8-12-17)19(24)16-9-5-3-6-10-16/h3-12,15H,13-14H2,1-2H3/b18-15+. The Balaban J connectivity index is 2.63. The van der Waals surface area contributed by atoms with Gasteiger partial charge in [-0.05, 0) is 32.6 Å². The van der Waals surface area contributed by atoms with Crippen LogP contribution >= 0.6 is 23.2 Å². The van der Waals surface area contributed by atoms with Gasteiger partial charge in [-0.2, -0.15) is 0 Å². The van der Waals surface area contributed by atoms with Crippen molar-refractivity contribution in [1.29, 1.82) is 0 Å². The molecule has 0 heterocycles. The third-order valence-electron chi connectivity index (χ3n) is 4.13. The molecule has 0 radical (unpaired) electrons. The van der Waals surface area contributed by atoms with Crippen LogP contribution in [-0.4, -0.2) is 31.3 Å². The molecule has 2 aromatic carbocycles. The van der Waals surface area contributed by atoms with Crippen molar-refractivity contribution in [2.24, 2.45) is 0 Å². The molecule has 1 atom stereocenters. The number of Topliss-reactive ketones (excluding diaryl/α,β-unsaturated/α-hetero) is 1. The Morgan fingerprint density at radius 2 is 1.58 bits per heavy atom. The lowest BCUT2D eigenvalue weighted by Gasteiger charge is -2.33. The smallest absolute Gasteiger partial charge is 0.178 e. The number of benzene rings is 2. The van der Waals surface area contributed by atoms with E-state index in [4.69, 9.17) is 23.2 Å². The summed E-state index contributed by atoms with van der Waals surface area (Å²) in [5.74, 6) is -0.0435. The summed E-state index contributed by atoms with van der Waals surface area (Å²) in [5.41, 5.74) is 1.79. The molecule has 126 valence electrons. The molecule has 2 aromatic rings. The highest BCUT2D eigenvalue weighted by Crippen LogP contribution is 2.41. The summed E-state index contributed by atoms with van der Waals surface area (Å²) in [6.45, 7) is 0.703. The number of allylic oxidation sites excluding steroid dienone is 1. The third kappa shape index (κ3) is 3.89. The molecule has 0 bridgehead atoms. The average molecular weight is 362 g/mol. The van der Waals surface area contributed by atoms with Crippen molar-refractivity contribution in [3.63, 3.8) is 0 Å². The summed E-state index contributed by atoms with van der Waals surface area (Å²) in [6, 6.07) is 18.8. The number of hydrogen-bond acceptors (Lipinski definition) is 2. The second-order valence-corrected chi connectivity index (χ2v) is 6.60. The zero-order valence-corrected chi connectivity index (χ0v) is 15.4. The zero-order valence-electron chi connectivity index (χ0n) is 13.9. The van der Waals surface area contributed by atoms with Crippen molar-refractivity contribution in [2.75, 3.05) is 20.6 Å². The van der Waals surface area contributed by atoms with Crippen molar-refractivity contribution in [1.82, 2.24) is 4.90 Å². The molecule has 0 N–H and O–H groups in total. The fourth-order valence-corrected chi connectivity index (χ4v) is 3.27. The van der Waals surface area contributed by atoms with Crippen LogP contribution in [-0.2, 0) is 5.41 Å². The maximum absolute atomic E-state index is 13.5. The fourth-order valence-electron chi connectivity index (χ4n) is 2.80. The fraction of sp³-hybridized carbons (Fsp3) is 0.250. The average Bonchev–Trinajstić information content (AvgIpc) is 2.63. The number of rotatable bonds is 7. The number of halogens is 2. The molecular weight excluding hydrogens is 341 g/mol. The number of ketones is 1. The van der Waals surface area contributed by atoms with Crippen LogP contribution in [0.15, 0.2) is 71.2 Å². The molecule has 0 amide bonds. The molecule has 1 unspecified atom stereocenters. The Labute approximate surface area is 153 Å². The van der Waals surface area contributed by atoms with Crippen LogP contribution < -0.4 is 0 Å². The van der Waals surface area contributed by atoms with Gasteiger partial charge in [0, 0.05) is 16.1 Å². The van der Waals surface area contributed by atoms with Gasteiger partial charge in [0.05, 0.1) is 5.41 Å². The van der Waals surface area contributed by atoms with Crippen LogP contribution in [0.2, 0.25) is 0 Å². The van der Waals surface area contributed by atoms with E-state index in [1.807, 2.05) is 79.7 Å². The zero-order chi connectivity index (χ0) is 17.6. The molecule has 0 aromatic heterocycles. The molecule has 0 fully saturated rings. The lowest BCUT2D eigenvalue weighted by molar-refractivity contribution is 0.0901. The topological polar surface area (TPSA) is 20.3 Å². The number of carbonyl (C=O) groups excluding carboxylic acids is 1. The first kappa shape index (κ1) is 18.7. The molecule has 0 aliphatic carbocycles. The van der Waals surface area contributed by atoms with E-state index in [1.165, 1.54) is 5.54 Å². The quantitative estimate of drug-likeness (QED) is 0.641. The van der Waals surface area contributed by atoms with Gasteiger partial charge in [-0.25, -0.2) is 0 Å². The molecule has 4 heteroatoms. The Morgan fingerprint density at radius 3 is 2.08 bits per heavy atom. The van der Waals surface area contributed by atoms with Crippen molar-refractivity contribution in [2.45, 2.75) is 11.8 Å². The largest absolute Gasteiger partial charge is 0.309 e. The summed E-state index contributed by atoms with van der Waals surface area (Å²) < 4.78 is 0. The van der Waals surface area contributed by atoms with E-state index in [9.17, 15) is 4.79 Å². The summed E-state index contributed by atoms with van der Waals surface area (Å²) >= 11 is 12.5. The highest BCUT2D eigenvalue weighted by molar-refractivity contribution is 6.39. The maximum atomic E-state index is 13.5. The van der Waals surface area contributed by atoms with E-state index in [-0.39, 0.29) is 5.78 Å². The van der Waals surface area contributed by atoms with Crippen molar-refractivity contribution < 1.29 is 4.79 Å². The Kier molecular flexibility index (Phi) is 6.61. The number of hydrogen-bond donors (Lipinski definition) is 0. The molecular formula is C20H21Cl2NO. The highest BCUT2D eigenvalue weighted by Gasteiger charge is 2.43. The first-order valence-corrected chi connectivity index (χ1v) is 8.60. The molecule has 0 aliphatic heterocycles. The minimum atomic E-state index is -0.990. The van der Waals surface area contributed by atoms with Gasteiger partial charge in [0.25, 0.3) is 0 Å². The second-order valence-electron chi connectivity index (χ2n) is 5.98. The predicted molar refractivity (Wildman–Crippen MR) is 102 cm³/mol. The Morgan fingerprint density at radius 1 is 1.04 bits per heavy atom.